The third kappa shape index (κ3) is 3.87. The molecule has 0 aromatic rings. The van der Waals surface area contributed by atoms with Crippen LogP contribution in [0.25, 0.3) is 0 Å². The molecule has 0 heterocycles. The Balaban J connectivity index is 1.98. The van der Waals surface area contributed by atoms with E-state index in [1.54, 1.807) is 0 Å². The first kappa shape index (κ1) is 14.2. The minimum atomic E-state index is -0.339. The first-order valence-electron chi connectivity index (χ1n) is 7.60. The van der Waals surface area contributed by atoms with Crippen molar-refractivity contribution < 1.29 is 0 Å². The van der Waals surface area contributed by atoms with E-state index in [1.807, 2.05) is 0 Å². The molecular weight excluding hydrogens is 244 g/mol. The largest absolute Gasteiger partial charge is 0.295 e. The summed E-state index contributed by atoms with van der Waals surface area (Å²) in [5.74, 6) is 0. The molecular formula is C15H25ClN2. The van der Waals surface area contributed by atoms with Crippen LogP contribution in [0.15, 0.2) is 0 Å². The maximum absolute atomic E-state index is 8.97. The van der Waals surface area contributed by atoms with Gasteiger partial charge in [-0.05, 0) is 25.7 Å². The lowest BCUT2D eigenvalue weighted by Crippen LogP contribution is -2.47. The number of rotatable bonds is 4. The van der Waals surface area contributed by atoms with Gasteiger partial charge in [0, 0.05) is 18.6 Å². The molecule has 2 saturated carbocycles. The second-order valence-corrected chi connectivity index (χ2v) is 6.40. The van der Waals surface area contributed by atoms with Crippen molar-refractivity contribution in [3.8, 4) is 6.07 Å². The second kappa shape index (κ2) is 7.36. The molecule has 0 aliphatic heterocycles. The Morgan fingerprint density at radius 1 is 0.944 bits per heavy atom. The third-order valence-corrected chi connectivity index (χ3v) is 4.83. The minimum Gasteiger partial charge on any atom is -0.295 e. The quantitative estimate of drug-likeness (QED) is 0.718. The van der Waals surface area contributed by atoms with Gasteiger partial charge in [-0.1, -0.05) is 38.5 Å². The summed E-state index contributed by atoms with van der Waals surface area (Å²) in [6, 6.07) is 3.58. The number of halogens is 1. The van der Waals surface area contributed by atoms with Gasteiger partial charge >= 0.3 is 0 Å². The highest BCUT2D eigenvalue weighted by molar-refractivity contribution is 6.22. The first-order chi connectivity index (χ1) is 8.81. The van der Waals surface area contributed by atoms with Gasteiger partial charge < -0.3 is 0 Å². The van der Waals surface area contributed by atoms with E-state index in [2.05, 4.69) is 11.0 Å². The number of alkyl halides is 1. The predicted molar refractivity (Wildman–Crippen MR) is 75.7 cm³/mol. The Morgan fingerprint density at radius 2 is 1.39 bits per heavy atom. The van der Waals surface area contributed by atoms with Crippen LogP contribution in [0.1, 0.15) is 64.2 Å². The molecule has 0 aromatic carbocycles. The standard InChI is InChI=1S/C15H25ClN2/c16-13(11-17)12-18(14-7-3-1-4-8-14)15-9-5-2-6-10-15/h13-15H,1-10,12H2. The highest BCUT2D eigenvalue weighted by Crippen LogP contribution is 2.30. The van der Waals surface area contributed by atoms with Gasteiger partial charge in [-0.3, -0.25) is 4.90 Å². The van der Waals surface area contributed by atoms with E-state index >= 15 is 0 Å². The number of hydrogen-bond donors (Lipinski definition) is 0. The molecule has 1 atom stereocenters. The maximum atomic E-state index is 8.97. The molecule has 2 rings (SSSR count). The summed E-state index contributed by atoms with van der Waals surface area (Å²) in [6.07, 6.45) is 13.4. The van der Waals surface area contributed by atoms with E-state index in [1.165, 1.54) is 64.2 Å². The Hall–Kier alpha value is -0.260. The smallest absolute Gasteiger partial charge is 0.133 e. The minimum absolute atomic E-state index is 0.339. The molecule has 2 fully saturated rings. The van der Waals surface area contributed by atoms with Crippen molar-refractivity contribution in [2.24, 2.45) is 0 Å². The highest BCUT2D eigenvalue weighted by Gasteiger charge is 2.29. The molecule has 0 amide bonds. The second-order valence-electron chi connectivity index (χ2n) is 5.88. The number of nitriles is 1. The van der Waals surface area contributed by atoms with E-state index in [4.69, 9.17) is 16.9 Å². The third-order valence-electron chi connectivity index (χ3n) is 4.60. The Bertz CT molecular complexity index is 257. The fourth-order valence-corrected chi connectivity index (χ4v) is 3.81. The molecule has 0 spiro atoms. The lowest BCUT2D eigenvalue weighted by Gasteiger charge is -2.42. The van der Waals surface area contributed by atoms with Crippen molar-refractivity contribution in [2.75, 3.05) is 6.54 Å². The van der Waals surface area contributed by atoms with Crippen LogP contribution in [-0.4, -0.2) is 28.9 Å². The Labute approximate surface area is 116 Å². The summed E-state index contributed by atoms with van der Waals surface area (Å²) >= 11 is 6.10. The van der Waals surface area contributed by atoms with E-state index < -0.39 is 0 Å². The lowest BCUT2D eigenvalue weighted by atomic mass is 9.88. The topological polar surface area (TPSA) is 27.0 Å². The van der Waals surface area contributed by atoms with Crippen molar-refractivity contribution >= 4 is 11.6 Å². The summed E-state index contributed by atoms with van der Waals surface area (Å²) < 4.78 is 0. The van der Waals surface area contributed by atoms with Crippen molar-refractivity contribution in [2.45, 2.75) is 81.7 Å². The van der Waals surface area contributed by atoms with Crippen LogP contribution < -0.4 is 0 Å². The zero-order valence-corrected chi connectivity index (χ0v) is 12.0. The molecule has 102 valence electrons. The average molecular weight is 269 g/mol. The molecule has 2 aliphatic rings. The molecule has 0 aromatic heterocycles. The van der Waals surface area contributed by atoms with Crippen molar-refractivity contribution in [3.05, 3.63) is 0 Å². The summed E-state index contributed by atoms with van der Waals surface area (Å²) in [5, 5.41) is 8.63. The van der Waals surface area contributed by atoms with Crippen LogP contribution in [-0.2, 0) is 0 Å². The fourth-order valence-electron chi connectivity index (χ4n) is 3.65. The van der Waals surface area contributed by atoms with Crippen LogP contribution in [0.4, 0.5) is 0 Å². The van der Waals surface area contributed by atoms with Gasteiger partial charge in [0.15, 0.2) is 0 Å². The summed E-state index contributed by atoms with van der Waals surface area (Å²) in [6.45, 7) is 0.771. The van der Waals surface area contributed by atoms with Gasteiger partial charge in [0.05, 0.1) is 6.07 Å². The van der Waals surface area contributed by atoms with Crippen molar-refractivity contribution in [1.82, 2.24) is 4.90 Å². The Morgan fingerprint density at radius 3 is 1.78 bits per heavy atom. The van der Waals surface area contributed by atoms with E-state index in [9.17, 15) is 0 Å². The molecule has 3 heteroatoms. The van der Waals surface area contributed by atoms with Crippen LogP contribution in [0.5, 0.6) is 0 Å². The normalized spacial score (nSPS) is 24.9. The van der Waals surface area contributed by atoms with Crippen LogP contribution >= 0.6 is 11.6 Å². The molecule has 0 N–H and O–H groups in total. The zero-order valence-electron chi connectivity index (χ0n) is 11.3. The molecule has 0 radical (unpaired) electrons. The van der Waals surface area contributed by atoms with Gasteiger partial charge in [0.1, 0.15) is 5.38 Å². The van der Waals surface area contributed by atoms with Crippen LogP contribution in [0, 0.1) is 11.3 Å². The van der Waals surface area contributed by atoms with Gasteiger partial charge in [0.25, 0.3) is 0 Å². The SMILES string of the molecule is N#CC(Cl)CN(C1CCCCC1)C1CCCCC1. The predicted octanol–water partition coefficient (Wildman–Crippen LogP) is 4.08. The first-order valence-corrected chi connectivity index (χ1v) is 8.04. The monoisotopic (exact) mass is 268 g/mol. The van der Waals surface area contributed by atoms with E-state index in [-0.39, 0.29) is 5.38 Å². The molecule has 1 unspecified atom stereocenters. The van der Waals surface area contributed by atoms with Crippen molar-refractivity contribution in [3.63, 3.8) is 0 Å². The molecule has 0 saturated heterocycles. The Kier molecular flexibility index (Phi) is 5.79. The average Bonchev–Trinajstić information content (AvgIpc) is 2.46. The molecule has 2 nitrogen and oxygen atoms in total. The van der Waals surface area contributed by atoms with Crippen molar-refractivity contribution in [1.29, 1.82) is 5.26 Å². The highest BCUT2D eigenvalue weighted by atomic mass is 35.5. The summed E-state index contributed by atoms with van der Waals surface area (Å²) in [4.78, 5) is 2.60. The van der Waals surface area contributed by atoms with Gasteiger partial charge in [-0.25, -0.2) is 0 Å². The van der Waals surface area contributed by atoms with Gasteiger partial charge in [-0.15, -0.1) is 11.6 Å². The van der Waals surface area contributed by atoms with E-state index in [0.29, 0.717) is 12.1 Å². The van der Waals surface area contributed by atoms with Gasteiger partial charge in [0.2, 0.25) is 0 Å². The van der Waals surface area contributed by atoms with Crippen LogP contribution in [0.3, 0.4) is 0 Å². The summed E-state index contributed by atoms with van der Waals surface area (Å²) in [5.41, 5.74) is 0. The van der Waals surface area contributed by atoms with Crippen LogP contribution in [0.2, 0.25) is 0 Å². The maximum Gasteiger partial charge on any atom is 0.133 e. The molecule has 0 bridgehead atoms. The number of hydrogen-bond acceptors (Lipinski definition) is 2. The molecule has 18 heavy (non-hydrogen) atoms. The zero-order chi connectivity index (χ0) is 12.8. The fraction of sp³-hybridized carbons (Fsp3) is 0.933. The number of nitrogens with zero attached hydrogens (tertiary/aromatic N) is 2. The lowest BCUT2D eigenvalue weighted by molar-refractivity contribution is 0.0840. The molecule has 2 aliphatic carbocycles. The summed E-state index contributed by atoms with van der Waals surface area (Å²) in [7, 11) is 0. The van der Waals surface area contributed by atoms with Gasteiger partial charge in [-0.2, -0.15) is 5.26 Å². The van der Waals surface area contributed by atoms with E-state index in [0.717, 1.165) is 6.54 Å².